The van der Waals surface area contributed by atoms with Crippen molar-refractivity contribution in [3.8, 4) is 10.6 Å². The molecule has 2 aromatic carbocycles. The van der Waals surface area contributed by atoms with Gasteiger partial charge in [-0.15, -0.1) is 11.3 Å². The second-order valence-corrected chi connectivity index (χ2v) is 7.04. The highest BCUT2D eigenvalue weighted by Gasteiger charge is 2.18. The molecule has 0 aliphatic heterocycles. The van der Waals surface area contributed by atoms with Gasteiger partial charge in [-0.3, -0.25) is 4.79 Å². The van der Waals surface area contributed by atoms with Crippen LogP contribution in [0.15, 0.2) is 47.8 Å². The van der Waals surface area contributed by atoms with Gasteiger partial charge in [0, 0.05) is 16.5 Å². The van der Waals surface area contributed by atoms with E-state index >= 15 is 0 Å². The fourth-order valence-electron chi connectivity index (χ4n) is 2.98. The molecule has 1 aromatic heterocycles. The van der Waals surface area contributed by atoms with Crippen molar-refractivity contribution < 1.29 is 14.3 Å². The number of ether oxygens (including phenoxy) is 1. The number of hydrogen-bond acceptors (Lipinski definition) is 5. The molecule has 0 amide bonds. The molecule has 26 heavy (non-hydrogen) atoms. The average Bonchev–Trinajstić information content (AvgIpc) is 3.10. The monoisotopic (exact) mass is 365 g/mol. The van der Waals surface area contributed by atoms with Gasteiger partial charge in [0.25, 0.3) is 0 Å². The van der Waals surface area contributed by atoms with Gasteiger partial charge >= 0.3 is 5.97 Å². The van der Waals surface area contributed by atoms with Gasteiger partial charge in [-0.05, 0) is 31.9 Å². The molecule has 0 aliphatic rings. The molecule has 5 heteroatoms. The van der Waals surface area contributed by atoms with E-state index in [4.69, 9.17) is 4.74 Å². The first-order chi connectivity index (χ1) is 12.5. The summed E-state index contributed by atoms with van der Waals surface area (Å²) in [4.78, 5) is 29.0. The molecule has 0 fully saturated rings. The molecule has 0 atom stereocenters. The van der Waals surface area contributed by atoms with Gasteiger partial charge in [-0.2, -0.15) is 0 Å². The van der Waals surface area contributed by atoms with Gasteiger partial charge < -0.3 is 4.74 Å². The largest absolute Gasteiger partial charge is 0.453 e. The molecular weight excluding hydrogens is 346 g/mol. The van der Waals surface area contributed by atoms with Crippen molar-refractivity contribution in [2.75, 3.05) is 6.61 Å². The Bertz CT molecular complexity index is 937. The molecule has 0 spiro atoms. The number of hydrogen-bond donors (Lipinski definition) is 0. The molecule has 3 aromatic rings. The Morgan fingerprint density at radius 3 is 2.35 bits per heavy atom. The minimum Gasteiger partial charge on any atom is -0.453 e. The molecule has 0 N–H and O–H groups in total. The zero-order chi connectivity index (χ0) is 18.7. The fraction of sp³-hybridized carbons (Fsp3) is 0.190. The molecule has 1 heterocycles. The summed E-state index contributed by atoms with van der Waals surface area (Å²) >= 11 is 1.37. The van der Waals surface area contributed by atoms with Crippen LogP contribution in [0.2, 0.25) is 0 Å². The topological polar surface area (TPSA) is 56.3 Å². The molecule has 0 aliphatic carbocycles. The summed E-state index contributed by atoms with van der Waals surface area (Å²) in [5, 5.41) is 2.39. The third kappa shape index (κ3) is 3.89. The quantitative estimate of drug-likeness (QED) is 0.482. The van der Waals surface area contributed by atoms with E-state index in [9.17, 15) is 9.59 Å². The van der Waals surface area contributed by atoms with Gasteiger partial charge in [0.2, 0.25) is 5.78 Å². The average molecular weight is 365 g/mol. The number of carbonyl (C=O) groups is 2. The predicted molar refractivity (Wildman–Crippen MR) is 103 cm³/mol. The van der Waals surface area contributed by atoms with Crippen LogP contribution in [0.5, 0.6) is 0 Å². The number of nitrogens with zero attached hydrogens (tertiary/aromatic N) is 1. The van der Waals surface area contributed by atoms with Crippen LogP contribution >= 0.6 is 11.3 Å². The lowest BCUT2D eigenvalue weighted by atomic mass is 9.97. The molecule has 4 nitrogen and oxygen atoms in total. The molecule has 0 radical (unpaired) electrons. The normalized spacial score (nSPS) is 10.6. The Morgan fingerprint density at radius 2 is 1.69 bits per heavy atom. The number of esters is 1. The maximum Gasteiger partial charge on any atom is 0.358 e. The molecule has 132 valence electrons. The molecule has 0 saturated heterocycles. The van der Waals surface area contributed by atoms with Crippen molar-refractivity contribution in [2.24, 2.45) is 0 Å². The lowest BCUT2D eigenvalue weighted by molar-refractivity contribution is 0.0469. The first-order valence-corrected chi connectivity index (χ1v) is 9.13. The Kier molecular flexibility index (Phi) is 5.28. The third-order valence-electron chi connectivity index (χ3n) is 4.02. The number of benzene rings is 2. The number of ketones is 1. The van der Waals surface area contributed by atoms with E-state index in [0.29, 0.717) is 5.56 Å². The Morgan fingerprint density at radius 1 is 1.04 bits per heavy atom. The van der Waals surface area contributed by atoms with Crippen LogP contribution in [-0.4, -0.2) is 23.3 Å². The maximum atomic E-state index is 12.5. The summed E-state index contributed by atoms with van der Waals surface area (Å²) < 4.78 is 5.19. The van der Waals surface area contributed by atoms with Crippen LogP contribution in [0.1, 0.15) is 37.5 Å². The summed E-state index contributed by atoms with van der Waals surface area (Å²) in [5.74, 6) is -0.786. The van der Waals surface area contributed by atoms with Crippen molar-refractivity contribution in [3.05, 3.63) is 75.8 Å². The highest BCUT2D eigenvalue weighted by Crippen LogP contribution is 2.23. The second kappa shape index (κ2) is 7.62. The predicted octanol–water partition coefficient (Wildman–Crippen LogP) is 4.78. The lowest BCUT2D eigenvalue weighted by Crippen LogP contribution is -2.16. The zero-order valence-electron chi connectivity index (χ0n) is 14.9. The van der Waals surface area contributed by atoms with E-state index in [1.165, 1.54) is 11.3 Å². The number of Topliss-reactive ketones (excluding diaryl/α,β-unsaturated/α-hetero) is 1. The van der Waals surface area contributed by atoms with Crippen LogP contribution in [0.3, 0.4) is 0 Å². The summed E-state index contributed by atoms with van der Waals surface area (Å²) in [6, 6.07) is 13.5. The molecule has 3 rings (SSSR count). The third-order valence-corrected chi connectivity index (χ3v) is 4.92. The Labute approximate surface area is 156 Å². The van der Waals surface area contributed by atoms with Crippen molar-refractivity contribution in [2.45, 2.75) is 20.8 Å². The van der Waals surface area contributed by atoms with E-state index < -0.39 is 5.97 Å². The minimum absolute atomic E-state index is 0.202. The highest BCUT2D eigenvalue weighted by molar-refractivity contribution is 7.13. The minimum atomic E-state index is -0.584. The van der Waals surface area contributed by atoms with Gasteiger partial charge in [-0.25, -0.2) is 9.78 Å². The molecule has 0 bridgehead atoms. The number of carbonyl (C=O) groups excluding carboxylic acids is 2. The van der Waals surface area contributed by atoms with Crippen molar-refractivity contribution in [1.82, 2.24) is 4.98 Å². The van der Waals surface area contributed by atoms with Crippen LogP contribution < -0.4 is 0 Å². The van der Waals surface area contributed by atoms with Crippen LogP contribution in [0, 0.1) is 20.8 Å². The van der Waals surface area contributed by atoms with E-state index in [0.717, 1.165) is 27.3 Å². The van der Waals surface area contributed by atoms with E-state index in [2.05, 4.69) is 4.98 Å². The van der Waals surface area contributed by atoms with Crippen LogP contribution in [0.25, 0.3) is 10.6 Å². The van der Waals surface area contributed by atoms with Gasteiger partial charge in [0.05, 0.1) is 0 Å². The van der Waals surface area contributed by atoms with Gasteiger partial charge in [-0.1, -0.05) is 48.0 Å². The number of rotatable bonds is 5. The Hall–Kier alpha value is -2.79. The summed E-state index contributed by atoms with van der Waals surface area (Å²) in [6.45, 7) is 5.48. The second-order valence-electron chi connectivity index (χ2n) is 6.18. The van der Waals surface area contributed by atoms with Crippen LogP contribution in [0.4, 0.5) is 0 Å². The number of thiazole rings is 1. The summed E-state index contributed by atoms with van der Waals surface area (Å²) in [7, 11) is 0. The number of aryl methyl sites for hydroxylation is 3. The van der Waals surface area contributed by atoms with Crippen molar-refractivity contribution in [3.63, 3.8) is 0 Å². The molecule has 0 saturated carbocycles. The molecule has 0 unspecified atom stereocenters. The highest BCUT2D eigenvalue weighted by atomic mass is 32.1. The van der Waals surface area contributed by atoms with E-state index in [-0.39, 0.29) is 18.1 Å². The smallest absolute Gasteiger partial charge is 0.358 e. The van der Waals surface area contributed by atoms with Crippen molar-refractivity contribution in [1.29, 1.82) is 0 Å². The molecular formula is C21H19NO3S. The summed E-state index contributed by atoms with van der Waals surface area (Å²) in [6.07, 6.45) is 0. The van der Waals surface area contributed by atoms with E-state index in [1.807, 2.05) is 63.2 Å². The lowest BCUT2D eigenvalue weighted by Gasteiger charge is -2.10. The fourth-order valence-corrected chi connectivity index (χ4v) is 3.77. The number of aromatic nitrogens is 1. The van der Waals surface area contributed by atoms with Gasteiger partial charge in [0.1, 0.15) is 5.01 Å². The first-order valence-electron chi connectivity index (χ1n) is 8.25. The standard InChI is InChI=1S/C21H19NO3S/c1-13-9-14(2)19(15(3)10-13)18(23)11-25-21(24)17-12-26-20(22-17)16-7-5-4-6-8-16/h4-10,12H,11H2,1-3H3. The van der Waals surface area contributed by atoms with Crippen molar-refractivity contribution >= 4 is 23.1 Å². The first kappa shape index (κ1) is 18.0. The SMILES string of the molecule is Cc1cc(C)c(C(=O)COC(=O)c2csc(-c3ccccc3)n2)c(C)c1. The van der Waals surface area contributed by atoms with Crippen LogP contribution in [-0.2, 0) is 4.74 Å². The maximum absolute atomic E-state index is 12.5. The zero-order valence-corrected chi connectivity index (χ0v) is 15.7. The van der Waals surface area contributed by atoms with E-state index in [1.54, 1.807) is 5.38 Å². The Balaban J connectivity index is 1.68. The van der Waals surface area contributed by atoms with Gasteiger partial charge in [0.15, 0.2) is 12.3 Å². The summed E-state index contributed by atoms with van der Waals surface area (Å²) in [5.41, 5.74) is 4.67.